The molecule has 8 nitrogen and oxygen atoms in total. The molecule has 2 saturated heterocycles. The van der Waals surface area contributed by atoms with Gasteiger partial charge < -0.3 is 5.32 Å². The smallest absolute Gasteiger partial charge is 0.223 e. The topological polar surface area (TPSA) is 93.8 Å². The van der Waals surface area contributed by atoms with Crippen molar-refractivity contribution >= 4 is 15.9 Å². The molecule has 0 spiro atoms. The third kappa shape index (κ3) is 6.33. The Morgan fingerprint density at radius 3 is 2.15 bits per heavy atom. The molecule has 0 bridgehead atoms. The predicted octanol–water partition coefficient (Wildman–Crippen LogP) is 2.08. The number of nitrogens with zero attached hydrogens (tertiary/aromatic N) is 2. The fourth-order valence-corrected chi connectivity index (χ4v) is 8.44. The van der Waals surface area contributed by atoms with Gasteiger partial charge in [-0.2, -0.15) is 4.31 Å². The molecule has 2 atom stereocenters. The number of sulfonamides is 1. The standard InChI is InChI=1S/C25H47N5O3S/c1-25(2,3)20-10-8-19(9-11-20)23(31)28-21-6-4-7-22(18-21)34(32,33)30-16-14-29(15-17-30)24-26-12-5-13-27-24/h19-22,24,26-27H,4-18H2,1-3H3,(H,28,31). The first-order chi connectivity index (χ1) is 16.1. The number of carbonyl (C=O) groups is 1. The molecule has 2 heterocycles. The van der Waals surface area contributed by atoms with E-state index in [4.69, 9.17) is 0 Å². The van der Waals surface area contributed by atoms with Gasteiger partial charge in [0, 0.05) is 38.1 Å². The maximum Gasteiger partial charge on any atom is 0.223 e. The van der Waals surface area contributed by atoms with E-state index < -0.39 is 10.0 Å². The van der Waals surface area contributed by atoms with Crippen molar-refractivity contribution in [2.75, 3.05) is 39.3 Å². The van der Waals surface area contributed by atoms with Crippen LogP contribution in [-0.2, 0) is 14.8 Å². The van der Waals surface area contributed by atoms with Crippen LogP contribution in [0, 0.1) is 17.3 Å². The zero-order valence-corrected chi connectivity index (χ0v) is 22.3. The number of rotatable bonds is 5. The molecule has 4 aliphatic rings. The minimum atomic E-state index is -3.34. The monoisotopic (exact) mass is 497 g/mol. The molecular formula is C25H47N5O3S. The molecule has 1 amide bonds. The van der Waals surface area contributed by atoms with Crippen LogP contribution < -0.4 is 16.0 Å². The lowest BCUT2D eigenvalue weighted by molar-refractivity contribution is -0.127. The summed E-state index contributed by atoms with van der Waals surface area (Å²) < 4.78 is 28.6. The quantitative estimate of drug-likeness (QED) is 0.539. The van der Waals surface area contributed by atoms with Gasteiger partial charge in [-0.25, -0.2) is 8.42 Å². The van der Waals surface area contributed by atoms with Gasteiger partial charge in [0.15, 0.2) is 0 Å². The Morgan fingerprint density at radius 2 is 1.53 bits per heavy atom. The summed E-state index contributed by atoms with van der Waals surface area (Å²) >= 11 is 0. The van der Waals surface area contributed by atoms with Crippen molar-refractivity contribution in [3.8, 4) is 0 Å². The van der Waals surface area contributed by atoms with E-state index in [-0.39, 0.29) is 29.4 Å². The van der Waals surface area contributed by atoms with Crippen LogP contribution in [0.25, 0.3) is 0 Å². The van der Waals surface area contributed by atoms with Crippen molar-refractivity contribution in [2.24, 2.45) is 17.3 Å². The van der Waals surface area contributed by atoms with Crippen molar-refractivity contribution < 1.29 is 13.2 Å². The Morgan fingerprint density at radius 1 is 0.882 bits per heavy atom. The Labute approximate surface area is 207 Å². The van der Waals surface area contributed by atoms with E-state index in [0.717, 1.165) is 71.1 Å². The molecule has 0 aromatic heterocycles. The van der Waals surface area contributed by atoms with Crippen LogP contribution in [0.5, 0.6) is 0 Å². The zero-order chi connectivity index (χ0) is 24.3. The minimum absolute atomic E-state index is 0.0155. The number of carbonyl (C=O) groups excluding carboxylic acids is 1. The van der Waals surface area contributed by atoms with Crippen LogP contribution >= 0.6 is 0 Å². The number of hydrogen-bond donors (Lipinski definition) is 3. The summed E-state index contributed by atoms with van der Waals surface area (Å²) in [6.45, 7) is 11.5. The van der Waals surface area contributed by atoms with E-state index >= 15 is 0 Å². The SMILES string of the molecule is CC(C)(C)C1CCC(C(=O)NC2CCCC(S(=O)(=O)N3CCN(C4NCCCN4)CC3)C2)CC1. The van der Waals surface area contributed by atoms with Crippen LogP contribution in [-0.4, -0.2) is 80.4 Å². The van der Waals surface area contributed by atoms with Crippen LogP contribution in [0.3, 0.4) is 0 Å². The van der Waals surface area contributed by atoms with E-state index in [9.17, 15) is 13.2 Å². The van der Waals surface area contributed by atoms with Gasteiger partial charge in [0.2, 0.25) is 15.9 Å². The van der Waals surface area contributed by atoms with E-state index in [2.05, 4.69) is 41.6 Å². The van der Waals surface area contributed by atoms with Crippen molar-refractivity contribution in [3.63, 3.8) is 0 Å². The predicted molar refractivity (Wildman–Crippen MR) is 136 cm³/mol. The summed E-state index contributed by atoms with van der Waals surface area (Å²) in [5.41, 5.74) is 0.307. The molecule has 2 saturated carbocycles. The van der Waals surface area contributed by atoms with Gasteiger partial charge in [-0.15, -0.1) is 0 Å². The number of piperazine rings is 1. The molecule has 4 fully saturated rings. The van der Waals surface area contributed by atoms with Gasteiger partial charge in [-0.3, -0.25) is 20.3 Å². The third-order valence-electron chi connectivity index (χ3n) is 8.74. The van der Waals surface area contributed by atoms with Crippen LogP contribution in [0.15, 0.2) is 0 Å². The van der Waals surface area contributed by atoms with Crippen molar-refractivity contribution in [1.29, 1.82) is 0 Å². The highest BCUT2D eigenvalue weighted by atomic mass is 32.2. The van der Waals surface area contributed by atoms with Gasteiger partial charge in [-0.1, -0.05) is 27.2 Å². The molecule has 2 aliphatic heterocycles. The largest absolute Gasteiger partial charge is 0.353 e. The van der Waals surface area contributed by atoms with Crippen molar-refractivity contribution in [2.45, 2.75) is 96.1 Å². The van der Waals surface area contributed by atoms with Gasteiger partial charge in [-0.05, 0) is 75.8 Å². The van der Waals surface area contributed by atoms with E-state index in [1.165, 1.54) is 0 Å². The molecular weight excluding hydrogens is 450 g/mol. The first kappa shape index (κ1) is 26.3. The molecule has 2 aliphatic carbocycles. The van der Waals surface area contributed by atoms with Gasteiger partial charge in [0.1, 0.15) is 6.29 Å². The van der Waals surface area contributed by atoms with Gasteiger partial charge in [0.05, 0.1) is 5.25 Å². The number of nitrogens with one attached hydrogen (secondary N) is 3. The van der Waals surface area contributed by atoms with Gasteiger partial charge >= 0.3 is 0 Å². The summed E-state index contributed by atoms with van der Waals surface area (Å²) in [5, 5.41) is 9.82. The number of hydrogen-bond acceptors (Lipinski definition) is 6. The van der Waals surface area contributed by atoms with Crippen LogP contribution in [0.1, 0.15) is 78.6 Å². The molecule has 196 valence electrons. The highest BCUT2D eigenvalue weighted by molar-refractivity contribution is 7.89. The minimum Gasteiger partial charge on any atom is -0.353 e. The average Bonchev–Trinajstić information content (AvgIpc) is 2.84. The first-order valence-electron chi connectivity index (χ1n) is 13.6. The molecule has 34 heavy (non-hydrogen) atoms. The van der Waals surface area contributed by atoms with E-state index in [0.29, 0.717) is 37.3 Å². The maximum atomic E-state index is 13.5. The lowest BCUT2D eigenvalue weighted by Crippen LogP contribution is -2.63. The highest BCUT2D eigenvalue weighted by Crippen LogP contribution is 2.40. The fourth-order valence-electron chi connectivity index (χ4n) is 6.41. The lowest BCUT2D eigenvalue weighted by Gasteiger charge is -2.42. The van der Waals surface area contributed by atoms with Crippen molar-refractivity contribution in [3.05, 3.63) is 0 Å². The van der Waals surface area contributed by atoms with Crippen LogP contribution in [0.4, 0.5) is 0 Å². The molecule has 0 radical (unpaired) electrons. The fraction of sp³-hybridized carbons (Fsp3) is 0.960. The Balaban J connectivity index is 1.25. The van der Waals surface area contributed by atoms with Crippen molar-refractivity contribution in [1.82, 2.24) is 25.2 Å². The summed E-state index contributed by atoms with van der Waals surface area (Å²) in [6, 6.07) is -0.0155. The second-order valence-corrected chi connectivity index (χ2v) is 14.3. The van der Waals surface area contributed by atoms with E-state index in [1.54, 1.807) is 4.31 Å². The summed E-state index contributed by atoms with van der Waals surface area (Å²) in [6.07, 6.45) is 8.43. The molecule has 4 rings (SSSR count). The molecule has 2 unspecified atom stereocenters. The molecule has 0 aromatic rings. The third-order valence-corrected chi connectivity index (χ3v) is 11.1. The summed E-state index contributed by atoms with van der Waals surface area (Å²) in [4.78, 5) is 15.3. The normalized spacial score (nSPS) is 33.5. The Bertz CT molecular complexity index is 777. The molecule has 3 N–H and O–H groups in total. The highest BCUT2D eigenvalue weighted by Gasteiger charge is 2.39. The zero-order valence-electron chi connectivity index (χ0n) is 21.5. The first-order valence-corrected chi connectivity index (χ1v) is 15.1. The summed E-state index contributed by atoms with van der Waals surface area (Å²) in [5.74, 6) is 0.924. The lowest BCUT2D eigenvalue weighted by atomic mass is 9.69. The second-order valence-electron chi connectivity index (χ2n) is 12.1. The maximum absolute atomic E-state index is 13.5. The molecule has 9 heteroatoms. The van der Waals surface area contributed by atoms with E-state index in [1.807, 2.05) is 0 Å². The Kier molecular flexibility index (Phi) is 8.61. The number of amides is 1. The Hall–Kier alpha value is -0.740. The molecule has 0 aromatic carbocycles. The average molecular weight is 498 g/mol. The summed E-state index contributed by atoms with van der Waals surface area (Å²) in [7, 11) is -3.34. The second kappa shape index (κ2) is 11.1. The van der Waals surface area contributed by atoms with Crippen LogP contribution in [0.2, 0.25) is 0 Å². The van der Waals surface area contributed by atoms with Gasteiger partial charge in [0.25, 0.3) is 0 Å².